The molecule has 5 rings (SSSR count). The normalized spacial score (nSPS) is 20.2. The van der Waals surface area contributed by atoms with Crippen LogP contribution in [0, 0.1) is 23.2 Å². The molecule has 2 amide bonds. The van der Waals surface area contributed by atoms with Gasteiger partial charge >= 0.3 is 0 Å². The molecule has 3 N–H and O–H groups in total. The van der Waals surface area contributed by atoms with E-state index in [1.54, 1.807) is 24.3 Å². The molecule has 9 heteroatoms. The van der Waals surface area contributed by atoms with E-state index in [1.807, 2.05) is 33.8 Å². The number of imidazole rings is 1. The molecular formula is C34H44N6O3. The van der Waals surface area contributed by atoms with Gasteiger partial charge in [-0.05, 0) is 127 Å². The number of aliphatic hydroxyl groups is 1. The van der Waals surface area contributed by atoms with E-state index in [-0.39, 0.29) is 29.8 Å². The zero-order chi connectivity index (χ0) is 30.7. The molecule has 0 atom stereocenters. The van der Waals surface area contributed by atoms with Gasteiger partial charge in [0.05, 0.1) is 28.3 Å². The lowest BCUT2D eigenvalue weighted by Crippen LogP contribution is -2.41. The summed E-state index contributed by atoms with van der Waals surface area (Å²) in [5.41, 5.74) is 3.30. The van der Waals surface area contributed by atoms with Gasteiger partial charge in [-0.15, -0.1) is 0 Å². The Morgan fingerprint density at radius 1 is 1.05 bits per heavy atom. The maximum atomic E-state index is 13.3. The van der Waals surface area contributed by atoms with E-state index in [0.717, 1.165) is 69.2 Å². The van der Waals surface area contributed by atoms with E-state index in [4.69, 9.17) is 10.2 Å². The van der Waals surface area contributed by atoms with Crippen molar-refractivity contribution in [2.75, 3.05) is 18.4 Å². The molecule has 2 heterocycles. The number of amides is 2. The van der Waals surface area contributed by atoms with Crippen LogP contribution in [0.15, 0.2) is 42.5 Å². The molecule has 1 aliphatic heterocycles. The first-order chi connectivity index (χ1) is 20.5. The third-order valence-electron chi connectivity index (χ3n) is 9.11. The van der Waals surface area contributed by atoms with E-state index in [1.165, 1.54) is 5.56 Å². The van der Waals surface area contributed by atoms with Gasteiger partial charge in [-0.3, -0.25) is 19.8 Å². The quantitative estimate of drug-likeness (QED) is 0.326. The van der Waals surface area contributed by atoms with Crippen molar-refractivity contribution in [3.63, 3.8) is 0 Å². The number of nitrogens with one attached hydrogen (secondary N) is 2. The highest BCUT2D eigenvalue weighted by atomic mass is 16.3. The fourth-order valence-corrected chi connectivity index (χ4v) is 6.62. The fourth-order valence-electron chi connectivity index (χ4n) is 6.62. The summed E-state index contributed by atoms with van der Waals surface area (Å²) in [4.78, 5) is 33.3. The second kappa shape index (κ2) is 12.9. The van der Waals surface area contributed by atoms with Gasteiger partial charge in [-0.1, -0.05) is 6.07 Å². The number of nitriles is 1. The number of fused-ring (bicyclic) bond motifs is 1. The molecule has 2 aromatic carbocycles. The molecule has 1 saturated heterocycles. The minimum absolute atomic E-state index is 0.00693. The van der Waals surface area contributed by atoms with Crippen molar-refractivity contribution >= 4 is 28.8 Å². The summed E-state index contributed by atoms with van der Waals surface area (Å²) in [6, 6.07) is 15.2. The van der Waals surface area contributed by atoms with Gasteiger partial charge in [0.25, 0.3) is 5.91 Å². The molecule has 228 valence electrons. The first-order valence-electron chi connectivity index (χ1n) is 15.6. The van der Waals surface area contributed by atoms with Gasteiger partial charge in [0.1, 0.15) is 0 Å². The summed E-state index contributed by atoms with van der Waals surface area (Å²) >= 11 is 0. The van der Waals surface area contributed by atoms with Crippen LogP contribution in [0.2, 0.25) is 0 Å². The maximum Gasteiger partial charge on any atom is 0.257 e. The molecule has 1 aliphatic carbocycles. The standard InChI is InChI=1S/C34H44N6O3/c1-22(2)36-31(41)26-10-12-28(13-11-26)40-30-19-24(21-39-17-15-27(16-18-39)34(3,4)43)7-14-29(30)37-33(40)38-32(42)25-8-5-23(20-35)6-9-25/h5-9,14,19,22,26-28,43H,10-13,15-18,21H2,1-4H3,(H,36,41)(H,37,38,42). The van der Waals surface area contributed by atoms with Crippen molar-refractivity contribution in [1.29, 1.82) is 5.26 Å². The summed E-state index contributed by atoms with van der Waals surface area (Å²) in [7, 11) is 0. The molecule has 1 saturated carbocycles. The Morgan fingerprint density at radius 3 is 2.33 bits per heavy atom. The van der Waals surface area contributed by atoms with Gasteiger partial charge in [0, 0.05) is 30.1 Å². The van der Waals surface area contributed by atoms with Crippen LogP contribution in [0.1, 0.15) is 93.7 Å². The number of likely N-dealkylation sites (tertiary alicyclic amines) is 1. The van der Waals surface area contributed by atoms with Crippen LogP contribution in [0.25, 0.3) is 11.0 Å². The maximum absolute atomic E-state index is 13.3. The second-order valence-corrected chi connectivity index (χ2v) is 13.1. The van der Waals surface area contributed by atoms with E-state index in [2.05, 4.69) is 38.3 Å². The van der Waals surface area contributed by atoms with Gasteiger partial charge in [-0.25, -0.2) is 4.98 Å². The van der Waals surface area contributed by atoms with Crippen molar-refractivity contribution in [2.24, 2.45) is 11.8 Å². The van der Waals surface area contributed by atoms with Crippen LogP contribution in [-0.2, 0) is 11.3 Å². The predicted molar refractivity (Wildman–Crippen MR) is 167 cm³/mol. The summed E-state index contributed by atoms with van der Waals surface area (Å²) in [5, 5.41) is 25.7. The molecule has 2 fully saturated rings. The van der Waals surface area contributed by atoms with Gasteiger partial charge in [0.15, 0.2) is 0 Å². The highest BCUT2D eigenvalue weighted by Crippen LogP contribution is 2.37. The summed E-state index contributed by atoms with van der Waals surface area (Å²) < 4.78 is 2.16. The molecule has 43 heavy (non-hydrogen) atoms. The van der Waals surface area contributed by atoms with Crippen LogP contribution in [0.5, 0.6) is 0 Å². The number of carbonyl (C=O) groups excluding carboxylic acids is 2. The van der Waals surface area contributed by atoms with Crippen LogP contribution >= 0.6 is 0 Å². The lowest BCUT2D eigenvalue weighted by atomic mass is 9.83. The molecule has 3 aromatic rings. The van der Waals surface area contributed by atoms with Crippen molar-refractivity contribution in [3.05, 3.63) is 59.2 Å². The lowest BCUT2D eigenvalue weighted by Gasteiger charge is -2.37. The molecule has 0 radical (unpaired) electrons. The third kappa shape index (κ3) is 7.26. The van der Waals surface area contributed by atoms with Crippen molar-refractivity contribution in [3.8, 4) is 6.07 Å². The third-order valence-corrected chi connectivity index (χ3v) is 9.11. The Labute approximate surface area is 254 Å². The van der Waals surface area contributed by atoms with Crippen molar-refractivity contribution in [1.82, 2.24) is 19.8 Å². The highest BCUT2D eigenvalue weighted by molar-refractivity contribution is 6.04. The molecule has 9 nitrogen and oxygen atoms in total. The smallest absolute Gasteiger partial charge is 0.257 e. The Kier molecular flexibility index (Phi) is 9.19. The molecule has 1 aromatic heterocycles. The highest BCUT2D eigenvalue weighted by Gasteiger charge is 2.32. The molecular weight excluding hydrogens is 540 g/mol. The molecule has 0 unspecified atom stereocenters. The average Bonchev–Trinajstić information content (AvgIpc) is 3.33. The van der Waals surface area contributed by atoms with Gasteiger partial charge in [0.2, 0.25) is 11.9 Å². The zero-order valence-corrected chi connectivity index (χ0v) is 25.8. The second-order valence-electron chi connectivity index (χ2n) is 13.1. The fraction of sp³-hybridized carbons (Fsp3) is 0.529. The first kappa shape index (κ1) is 30.7. The Bertz CT molecular complexity index is 1480. The molecule has 0 spiro atoms. The SMILES string of the molecule is CC(C)NC(=O)C1CCC(n2c(NC(=O)c3ccc(C#N)cc3)nc3ccc(CN4CCC(C(C)(C)O)CC4)cc32)CC1. The number of anilines is 1. The van der Waals surface area contributed by atoms with E-state index in [9.17, 15) is 14.7 Å². The Morgan fingerprint density at radius 2 is 1.72 bits per heavy atom. The predicted octanol–water partition coefficient (Wildman–Crippen LogP) is 5.40. The summed E-state index contributed by atoms with van der Waals surface area (Å²) in [6.07, 6.45) is 5.14. The molecule has 2 aliphatic rings. The van der Waals surface area contributed by atoms with Crippen LogP contribution < -0.4 is 10.6 Å². The topological polar surface area (TPSA) is 123 Å². The zero-order valence-electron chi connectivity index (χ0n) is 25.8. The number of piperidine rings is 1. The summed E-state index contributed by atoms with van der Waals surface area (Å²) in [5.74, 6) is 0.651. The minimum atomic E-state index is -0.648. The Hall–Kier alpha value is -3.74. The van der Waals surface area contributed by atoms with Crippen LogP contribution in [-0.4, -0.2) is 56.1 Å². The van der Waals surface area contributed by atoms with Crippen molar-refractivity contribution in [2.45, 2.75) is 90.4 Å². The largest absolute Gasteiger partial charge is 0.390 e. The van der Waals surface area contributed by atoms with Crippen molar-refractivity contribution < 1.29 is 14.7 Å². The Balaban J connectivity index is 1.39. The number of nitrogens with zero attached hydrogens (tertiary/aromatic N) is 4. The number of carbonyl (C=O) groups is 2. The van der Waals surface area contributed by atoms with Gasteiger partial charge < -0.3 is 15.0 Å². The van der Waals surface area contributed by atoms with E-state index < -0.39 is 5.60 Å². The number of rotatable bonds is 8. The summed E-state index contributed by atoms with van der Waals surface area (Å²) in [6.45, 7) is 10.5. The van der Waals surface area contributed by atoms with Crippen LogP contribution in [0.4, 0.5) is 5.95 Å². The first-order valence-corrected chi connectivity index (χ1v) is 15.6. The molecule has 0 bridgehead atoms. The van der Waals surface area contributed by atoms with E-state index >= 15 is 0 Å². The number of benzene rings is 2. The monoisotopic (exact) mass is 584 g/mol. The number of hydrogen-bond donors (Lipinski definition) is 3. The number of aromatic nitrogens is 2. The van der Waals surface area contributed by atoms with Gasteiger partial charge in [-0.2, -0.15) is 5.26 Å². The average molecular weight is 585 g/mol. The lowest BCUT2D eigenvalue weighted by molar-refractivity contribution is -0.126. The minimum Gasteiger partial charge on any atom is -0.390 e. The number of hydrogen-bond acceptors (Lipinski definition) is 6. The van der Waals surface area contributed by atoms with Crippen LogP contribution in [0.3, 0.4) is 0 Å². The van der Waals surface area contributed by atoms with E-state index in [0.29, 0.717) is 23.0 Å².